The van der Waals surface area contributed by atoms with E-state index in [2.05, 4.69) is 34.3 Å². The normalized spacial score (nSPS) is 15.3. The number of carbonyl (C=O) groups is 1. The van der Waals surface area contributed by atoms with Gasteiger partial charge in [0.25, 0.3) is 5.91 Å². The van der Waals surface area contributed by atoms with Crippen molar-refractivity contribution < 1.29 is 14.3 Å². The van der Waals surface area contributed by atoms with E-state index < -0.39 is 0 Å². The molecule has 2 aromatic carbocycles. The second-order valence-electron chi connectivity index (χ2n) is 7.77. The SMILES string of the molecule is COc1cccc(OC)c1C(=O)Nc1nc2ccc(CN3CCC(C)CC3)cc2s1. The summed E-state index contributed by atoms with van der Waals surface area (Å²) >= 11 is 1.48. The van der Waals surface area contributed by atoms with Crippen molar-refractivity contribution in [1.82, 2.24) is 9.88 Å². The van der Waals surface area contributed by atoms with Crippen LogP contribution in [-0.4, -0.2) is 43.1 Å². The van der Waals surface area contributed by atoms with Crippen molar-refractivity contribution in [3.63, 3.8) is 0 Å². The molecular formula is C23H27N3O3S. The third kappa shape index (κ3) is 4.42. The lowest BCUT2D eigenvalue weighted by Crippen LogP contribution is -2.32. The number of anilines is 1. The Labute approximate surface area is 180 Å². The predicted octanol–water partition coefficient (Wildman–Crippen LogP) is 4.80. The van der Waals surface area contributed by atoms with E-state index in [4.69, 9.17) is 9.47 Å². The molecule has 0 bridgehead atoms. The molecule has 7 heteroatoms. The molecule has 1 fully saturated rings. The minimum atomic E-state index is -0.300. The molecule has 0 atom stereocenters. The number of nitrogens with zero attached hydrogens (tertiary/aromatic N) is 2. The average molecular weight is 426 g/mol. The first kappa shape index (κ1) is 20.6. The average Bonchev–Trinajstić information content (AvgIpc) is 3.16. The van der Waals surface area contributed by atoms with Crippen LogP contribution in [0, 0.1) is 5.92 Å². The molecule has 2 heterocycles. The van der Waals surface area contributed by atoms with Crippen molar-refractivity contribution in [1.29, 1.82) is 0 Å². The maximum Gasteiger partial charge on any atom is 0.265 e. The smallest absolute Gasteiger partial charge is 0.265 e. The second-order valence-corrected chi connectivity index (χ2v) is 8.80. The Morgan fingerprint density at radius 3 is 2.53 bits per heavy atom. The number of likely N-dealkylation sites (tertiary alicyclic amines) is 1. The fourth-order valence-electron chi connectivity index (χ4n) is 3.83. The highest BCUT2D eigenvalue weighted by Gasteiger charge is 2.20. The molecule has 158 valence electrons. The summed E-state index contributed by atoms with van der Waals surface area (Å²) in [5.41, 5.74) is 2.53. The van der Waals surface area contributed by atoms with E-state index in [9.17, 15) is 4.79 Å². The molecule has 30 heavy (non-hydrogen) atoms. The summed E-state index contributed by atoms with van der Waals surface area (Å²) in [6, 6.07) is 11.6. The first-order chi connectivity index (χ1) is 14.6. The highest BCUT2D eigenvalue weighted by atomic mass is 32.1. The number of fused-ring (bicyclic) bond motifs is 1. The van der Waals surface area contributed by atoms with Gasteiger partial charge in [-0.25, -0.2) is 4.98 Å². The first-order valence-electron chi connectivity index (χ1n) is 10.2. The number of benzene rings is 2. The molecule has 0 saturated carbocycles. The Morgan fingerprint density at radius 1 is 1.17 bits per heavy atom. The van der Waals surface area contributed by atoms with Gasteiger partial charge < -0.3 is 9.47 Å². The fourth-order valence-corrected chi connectivity index (χ4v) is 4.76. The van der Waals surface area contributed by atoms with Gasteiger partial charge in [-0.2, -0.15) is 0 Å². The molecule has 4 rings (SSSR count). The number of nitrogens with one attached hydrogen (secondary N) is 1. The molecule has 1 saturated heterocycles. The monoisotopic (exact) mass is 425 g/mol. The van der Waals surface area contributed by atoms with Crippen molar-refractivity contribution in [3.8, 4) is 11.5 Å². The number of piperidine rings is 1. The van der Waals surface area contributed by atoms with E-state index in [-0.39, 0.29) is 5.91 Å². The van der Waals surface area contributed by atoms with E-state index >= 15 is 0 Å². The summed E-state index contributed by atoms with van der Waals surface area (Å²) in [4.78, 5) is 20.0. The minimum Gasteiger partial charge on any atom is -0.496 e. The Hall–Kier alpha value is -2.64. The summed E-state index contributed by atoms with van der Waals surface area (Å²) < 4.78 is 11.7. The summed E-state index contributed by atoms with van der Waals surface area (Å²) in [6.45, 7) is 5.60. The lowest BCUT2D eigenvalue weighted by atomic mass is 9.99. The number of thiazole rings is 1. The third-order valence-electron chi connectivity index (χ3n) is 5.61. The number of rotatable bonds is 6. The number of aromatic nitrogens is 1. The lowest BCUT2D eigenvalue weighted by Gasteiger charge is -2.30. The van der Waals surface area contributed by atoms with Crippen LogP contribution in [0.25, 0.3) is 10.2 Å². The highest BCUT2D eigenvalue weighted by molar-refractivity contribution is 7.22. The van der Waals surface area contributed by atoms with Gasteiger partial charge in [-0.05, 0) is 61.7 Å². The Kier molecular flexibility index (Phi) is 6.20. The van der Waals surface area contributed by atoms with E-state index in [0.29, 0.717) is 22.2 Å². The van der Waals surface area contributed by atoms with Crippen molar-refractivity contribution >= 4 is 32.6 Å². The van der Waals surface area contributed by atoms with Crippen LogP contribution in [0.5, 0.6) is 11.5 Å². The third-order valence-corrected chi connectivity index (χ3v) is 6.54. The molecule has 1 N–H and O–H groups in total. The van der Waals surface area contributed by atoms with Crippen molar-refractivity contribution in [3.05, 3.63) is 47.5 Å². The second kappa shape index (κ2) is 9.02. The maximum absolute atomic E-state index is 12.9. The Balaban J connectivity index is 1.51. The quantitative estimate of drug-likeness (QED) is 0.615. The number of hydrogen-bond acceptors (Lipinski definition) is 6. The zero-order valence-electron chi connectivity index (χ0n) is 17.6. The highest BCUT2D eigenvalue weighted by Crippen LogP contribution is 2.32. The van der Waals surface area contributed by atoms with Crippen molar-refractivity contribution in [2.75, 3.05) is 32.6 Å². The van der Waals surface area contributed by atoms with Gasteiger partial charge in [-0.1, -0.05) is 30.4 Å². The zero-order chi connectivity index (χ0) is 21.1. The van der Waals surface area contributed by atoms with Crippen LogP contribution in [0.4, 0.5) is 5.13 Å². The van der Waals surface area contributed by atoms with E-state index in [1.807, 2.05) is 6.07 Å². The maximum atomic E-state index is 12.9. The number of amides is 1. The van der Waals surface area contributed by atoms with Gasteiger partial charge >= 0.3 is 0 Å². The molecule has 0 spiro atoms. The molecule has 1 amide bonds. The van der Waals surface area contributed by atoms with Gasteiger partial charge in [0.1, 0.15) is 17.1 Å². The largest absolute Gasteiger partial charge is 0.496 e. The van der Waals surface area contributed by atoms with Crippen LogP contribution < -0.4 is 14.8 Å². The molecule has 0 unspecified atom stereocenters. The zero-order valence-corrected chi connectivity index (χ0v) is 18.4. The molecule has 3 aromatic rings. The fraction of sp³-hybridized carbons (Fsp3) is 0.391. The minimum absolute atomic E-state index is 0.300. The van der Waals surface area contributed by atoms with Gasteiger partial charge in [0.2, 0.25) is 0 Å². The summed E-state index contributed by atoms with van der Waals surface area (Å²) in [7, 11) is 3.07. The first-order valence-corrected chi connectivity index (χ1v) is 11.0. The molecule has 1 aromatic heterocycles. The molecule has 1 aliphatic heterocycles. The van der Waals surface area contributed by atoms with Crippen LogP contribution >= 0.6 is 11.3 Å². The van der Waals surface area contributed by atoms with E-state index in [0.717, 1.165) is 35.8 Å². The molecular weight excluding hydrogens is 398 g/mol. The van der Waals surface area contributed by atoms with Crippen LogP contribution in [0.2, 0.25) is 0 Å². The summed E-state index contributed by atoms with van der Waals surface area (Å²) in [5, 5.41) is 3.46. The summed E-state index contributed by atoms with van der Waals surface area (Å²) in [5.74, 6) is 1.46. The van der Waals surface area contributed by atoms with Gasteiger partial charge in [-0.3, -0.25) is 15.0 Å². The predicted molar refractivity (Wildman–Crippen MR) is 121 cm³/mol. The number of hydrogen-bond donors (Lipinski definition) is 1. The molecule has 0 aliphatic carbocycles. The van der Waals surface area contributed by atoms with Crippen LogP contribution in [0.1, 0.15) is 35.7 Å². The van der Waals surface area contributed by atoms with Gasteiger partial charge in [0.05, 0.1) is 24.4 Å². The van der Waals surface area contributed by atoms with Crippen molar-refractivity contribution in [2.45, 2.75) is 26.3 Å². The van der Waals surface area contributed by atoms with Gasteiger partial charge in [-0.15, -0.1) is 0 Å². The number of ether oxygens (including phenoxy) is 2. The van der Waals surface area contributed by atoms with Crippen LogP contribution in [0.3, 0.4) is 0 Å². The van der Waals surface area contributed by atoms with Crippen LogP contribution in [-0.2, 0) is 6.54 Å². The van der Waals surface area contributed by atoms with E-state index in [1.165, 1.54) is 44.0 Å². The molecule has 0 radical (unpaired) electrons. The van der Waals surface area contributed by atoms with Crippen LogP contribution in [0.15, 0.2) is 36.4 Å². The Morgan fingerprint density at radius 2 is 1.87 bits per heavy atom. The standard InChI is InChI=1S/C23H27N3O3S/c1-15-9-11-26(12-10-15)14-16-7-8-17-20(13-16)30-23(24-17)25-22(27)21-18(28-2)5-4-6-19(21)29-3/h4-8,13,15H,9-12,14H2,1-3H3,(H,24,25,27). The number of carbonyl (C=O) groups excluding carboxylic acids is 1. The van der Waals surface area contributed by atoms with Gasteiger partial charge in [0.15, 0.2) is 5.13 Å². The number of methoxy groups -OCH3 is 2. The van der Waals surface area contributed by atoms with Crippen molar-refractivity contribution in [2.24, 2.45) is 5.92 Å². The lowest BCUT2D eigenvalue weighted by molar-refractivity contribution is 0.102. The Bertz CT molecular complexity index is 1020. The van der Waals surface area contributed by atoms with Gasteiger partial charge in [0, 0.05) is 6.54 Å². The topological polar surface area (TPSA) is 63.7 Å². The molecule has 1 aliphatic rings. The summed E-state index contributed by atoms with van der Waals surface area (Å²) in [6.07, 6.45) is 2.54. The molecule has 6 nitrogen and oxygen atoms in total. The van der Waals surface area contributed by atoms with E-state index in [1.54, 1.807) is 18.2 Å².